The van der Waals surface area contributed by atoms with Crippen molar-refractivity contribution in [3.63, 3.8) is 0 Å². The number of para-hydroxylation sites is 1. The summed E-state index contributed by atoms with van der Waals surface area (Å²) in [4.78, 5) is 12.4. The molecule has 0 radical (unpaired) electrons. The molecule has 0 aromatic heterocycles. The van der Waals surface area contributed by atoms with E-state index in [9.17, 15) is 4.79 Å². The van der Waals surface area contributed by atoms with Gasteiger partial charge in [-0.3, -0.25) is 4.79 Å². The number of hydrogen-bond acceptors (Lipinski definition) is 3. The first-order valence-corrected chi connectivity index (χ1v) is 5.35. The van der Waals surface area contributed by atoms with Crippen LogP contribution in [0.3, 0.4) is 0 Å². The summed E-state index contributed by atoms with van der Waals surface area (Å²) in [5.74, 6) is -0.862. The van der Waals surface area contributed by atoms with Crippen molar-refractivity contribution in [3.8, 4) is 0 Å². The molecule has 0 aliphatic carbocycles. The van der Waals surface area contributed by atoms with E-state index in [1.807, 2.05) is 24.3 Å². The van der Waals surface area contributed by atoms with Crippen LogP contribution in [0.2, 0.25) is 0 Å². The molecule has 3 N–H and O–H groups in total. The van der Waals surface area contributed by atoms with Gasteiger partial charge in [-0.05, 0) is 28.1 Å². The fourth-order valence-corrected chi connectivity index (χ4v) is 1.85. The standard InChI is InChI=1S/C10H13BrN2O2/c11-8-3-1-2-4-9(8)13(6-5-12)7-10(14)15/h1-4H,5-7,12H2,(H,14,15). The second-order valence-corrected chi connectivity index (χ2v) is 3.91. The lowest BCUT2D eigenvalue weighted by molar-refractivity contribution is -0.135. The highest BCUT2D eigenvalue weighted by Crippen LogP contribution is 2.25. The van der Waals surface area contributed by atoms with Crippen molar-refractivity contribution in [1.29, 1.82) is 0 Å². The molecule has 0 spiro atoms. The molecule has 0 saturated carbocycles. The van der Waals surface area contributed by atoms with E-state index in [1.54, 1.807) is 4.90 Å². The van der Waals surface area contributed by atoms with Gasteiger partial charge in [-0.25, -0.2) is 0 Å². The monoisotopic (exact) mass is 272 g/mol. The topological polar surface area (TPSA) is 66.6 Å². The molecule has 0 bridgehead atoms. The van der Waals surface area contributed by atoms with Crippen molar-refractivity contribution in [2.75, 3.05) is 24.5 Å². The number of rotatable bonds is 5. The van der Waals surface area contributed by atoms with Crippen LogP contribution in [0.25, 0.3) is 0 Å². The first-order valence-electron chi connectivity index (χ1n) is 4.56. The van der Waals surface area contributed by atoms with Crippen LogP contribution in [0.4, 0.5) is 5.69 Å². The van der Waals surface area contributed by atoms with Gasteiger partial charge in [0.2, 0.25) is 0 Å². The highest BCUT2D eigenvalue weighted by molar-refractivity contribution is 9.10. The van der Waals surface area contributed by atoms with Crippen LogP contribution in [0, 0.1) is 0 Å². The number of nitrogens with zero attached hydrogens (tertiary/aromatic N) is 1. The van der Waals surface area contributed by atoms with Crippen LogP contribution >= 0.6 is 15.9 Å². The maximum absolute atomic E-state index is 10.7. The molecule has 0 amide bonds. The molecule has 0 aliphatic rings. The molecule has 1 rings (SSSR count). The summed E-state index contributed by atoms with van der Waals surface area (Å²) in [6.07, 6.45) is 0. The lowest BCUT2D eigenvalue weighted by Gasteiger charge is -2.23. The summed E-state index contributed by atoms with van der Waals surface area (Å²) in [6.45, 7) is 0.906. The van der Waals surface area contributed by atoms with Crippen LogP contribution in [0.15, 0.2) is 28.7 Å². The van der Waals surface area contributed by atoms with Crippen molar-refractivity contribution in [2.45, 2.75) is 0 Å². The Bertz CT molecular complexity index is 344. The smallest absolute Gasteiger partial charge is 0.323 e. The number of halogens is 1. The molecule has 1 aromatic rings. The molecule has 15 heavy (non-hydrogen) atoms. The number of carboxylic acids is 1. The van der Waals surface area contributed by atoms with Crippen molar-refractivity contribution < 1.29 is 9.90 Å². The van der Waals surface area contributed by atoms with Gasteiger partial charge in [0.25, 0.3) is 0 Å². The molecular weight excluding hydrogens is 260 g/mol. The number of carboxylic acid groups (broad SMARTS) is 1. The number of aliphatic carboxylic acids is 1. The minimum absolute atomic E-state index is 0.0419. The van der Waals surface area contributed by atoms with Gasteiger partial charge in [0, 0.05) is 17.6 Å². The third-order valence-corrected chi connectivity index (χ3v) is 2.59. The summed E-state index contributed by atoms with van der Waals surface area (Å²) in [7, 11) is 0. The SMILES string of the molecule is NCCN(CC(=O)O)c1ccccc1Br. The normalized spacial score (nSPS) is 10.0. The number of anilines is 1. The first-order chi connectivity index (χ1) is 7.15. The van der Waals surface area contributed by atoms with E-state index in [2.05, 4.69) is 15.9 Å². The molecule has 0 aliphatic heterocycles. The van der Waals surface area contributed by atoms with Gasteiger partial charge in [0.1, 0.15) is 6.54 Å². The fourth-order valence-electron chi connectivity index (χ4n) is 1.31. The van der Waals surface area contributed by atoms with Crippen LogP contribution in [-0.4, -0.2) is 30.7 Å². The second kappa shape index (κ2) is 5.72. The van der Waals surface area contributed by atoms with Gasteiger partial charge in [-0.1, -0.05) is 12.1 Å². The summed E-state index contributed by atoms with van der Waals surface area (Å²) in [5.41, 5.74) is 6.29. The number of nitrogens with two attached hydrogens (primary N) is 1. The predicted molar refractivity (Wildman–Crippen MR) is 63.0 cm³/mol. The van der Waals surface area contributed by atoms with E-state index in [-0.39, 0.29) is 6.54 Å². The zero-order chi connectivity index (χ0) is 11.3. The minimum atomic E-state index is -0.862. The molecule has 1 aromatic carbocycles. The third kappa shape index (κ3) is 3.53. The maximum Gasteiger partial charge on any atom is 0.323 e. The van der Waals surface area contributed by atoms with Gasteiger partial charge in [0.15, 0.2) is 0 Å². The van der Waals surface area contributed by atoms with Crippen molar-refractivity contribution >= 4 is 27.6 Å². The van der Waals surface area contributed by atoms with E-state index < -0.39 is 5.97 Å². The Morgan fingerprint density at radius 2 is 2.13 bits per heavy atom. The Labute approximate surface area is 96.8 Å². The van der Waals surface area contributed by atoms with E-state index in [0.29, 0.717) is 13.1 Å². The molecule has 0 fully saturated rings. The zero-order valence-corrected chi connectivity index (χ0v) is 9.77. The summed E-state index contributed by atoms with van der Waals surface area (Å²) >= 11 is 3.38. The second-order valence-electron chi connectivity index (χ2n) is 3.06. The van der Waals surface area contributed by atoms with Crippen LogP contribution in [0.1, 0.15) is 0 Å². The lowest BCUT2D eigenvalue weighted by atomic mass is 10.3. The average Bonchev–Trinajstić information content (AvgIpc) is 2.17. The molecule has 82 valence electrons. The molecule has 0 atom stereocenters. The highest BCUT2D eigenvalue weighted by Gasteiger charge is 2.11. The Hall–Kier alpha value is -1.07. The number of hydrogen-bond donors (Lipinski definition) is 2. The zero-order valence-electron chi connectivity index (χ0n) is 8.19. The number of carbonyl (C=O) groups is 1. The molecule has 0 unspecified atom stereocenters. The molecule has 4 nitrogen and oxygen atoms in total. The van der Waals surface area contributed by atoms with Crippen molar-refractivity contribution in [3.05, 3.63) is 28.7 Å². The Morgan fingerprint density at radius 3 is 2.67 bits per heavy atom. The first kappa shape index (κ1) is 12.0. The summed E-state index contributed by atoms with van der Waals surface area (Å²) in [6, 6.07) is 7.49. The average molecular weight is 273 g/mol. The largest absolute Gasteiger partial charge is 0.480 e. The lowest BCUT2D eigenvalue weighted by Crippen LogP contribution is -2.34. The van der Waals surface area contributed by atoms with E-state index in [1.165, 1.54) is 0 Å². The van der Waals surface area contributed by atoms with Crippen LogP contribution in [0.5, 0.6) is 0 Å². The minimum Gasteiger partial charge on any atom is -0.480 e. The molecule has 0 saturated heterocycles. The Morgan fingerprint density at radius 1 is 1.47 bits per heavy atom. The van der Waals surface area contributed by atoms with E-state index in [0.717, 1.165) is 10.2 Å². The fraction of sp³-hybridized carbons (Fsp3) is 0.300. The van der Waals surface area contributed by atoms with E-state index >= 15 is 0 Å². The van der Waals surface area contributed by atoms with Crippen LogP contribution in [-0.2, 0) is 4.79 Å². The van der Waals surface area contributed by atoms with Crippen molar-refractivity contribution in [2.24, 2.45) is 5.73 Å². The third-order valence-electron chi connectivity index (χ3n) is 1.92. The molecular formula is C10H13BrN2O2. The predicted octanol–water partition coefficient (Wildman–Crippen LogP) is 1.30. The van der Waals surface area contributed by atoms with Gasteiger partial charge < -0.3 is 15.7 Å². The molecule has 5 heteroatoms. The number of benzene rings is 1. The Balaban J connectivity index is 2.88. The Kier molecular flexibility index (Phi) is 4.58. The van der Waals surface area contributed by atoms with Gasteiger partial charge >= 0.3 is 5.97 Å². The van der Waals surface area contributed by atoms with Crippen molar-refractivity contribution in [1.82, 2.24) is 0 Å². The maximum atomic E-state index is 10.7. The van der Waals surface area contributed by atoms with Gasteiger partial charge in [0.05, 0.1) is 5.69 Å². The van der Waals surface area contributed by atoms with Crippen LogP contribution < -0.4 is 10.6 Å². The molecule has 0 heterocycles. The highest BCUT2D eigenvalue weighted by atomic mass is 79.9. The van der Waals surface area contributed by atoms with Gasteiger partial charge in [-0.2, -0.15) is 0 Å². The van der Waals surface area contributed by atoms with Gasteiger partial charge in [-0.15, -0.1) is 0 Å². The quantitative estimate of drug-likeness (QED) is 0.848. The summed E-state index contributed by atoms with van der Waals surface area (Å²) in [5, 5.41) is 8.76. The van der Waals surface area contributed by atoms with E-state index in [4.69, 9.17) is 10.8 Å². The summed E-state index contributed by atoms with van der Waals surface area (Å²) < 4.78 is 0.875.